The second-order valence-electron chi connectivity index (χ2n) is 6.66. The van der Waals surface area contributed by atoms with Gasteiger partial charge in [0.25, 0.3) is 5.91 Å². The Morgan fingerprint density at radius 3 is 2.46 bits per heavy atom. The van der Waals surface area contributed by atoms with Crippen LogP contribution in [0.4, 0.5) is 4.39 Å². The smallest absolute Gasteiger partial charge is 0.339 e. The number of hydrogen-bond acceptors (Lipinski definition) is 4. The van der Waals surface area contributed by atoms with E-state index < -0.39 is 18.0 Å². The zero-order valence-corrected chi connectivity index (χ0v) is 15.9. The van der Waals surface area contributed by atoms with E-state index in [9.17, 15) is 14.0 Å². The van der Waals surface area contributed by atoms with E-state index in [0.717, 1.165) is 5.56 Å². The van der Waals surface area contributed by atoms with Crippen molar-refractivity contribution in [2.24, 2.45) is 0 Å². The molecule has 0 unspecified atom stereocenters. The maximum Gasteiger partial charge on any atom is 0.339 e. The number of nitrogens with one attached hydrogen (secondary N) is 1. The number of rotatable bonds is 5. The number of ether oxygens (including phenoxy) is 1. The number of aromatic nitrogens is 1. The first-order chi connectivity index (χ1) is 13.3. The third-order valence-corrected chi connectivity index (χ3v) is 4.45. The van der Waals surface area contributed by atoms with Gasteiger partial charge in [0.2, 0.25) is 0 Å². The summed E-state index contributed by atoms with van der Waals surface area (Å²) < 4.78 is 18.4. The molecule has 1 amide bonds. The van der Waals surface area contributed by atoms with Crippen molar-refractivity contribution in [1.82, 2.24) is 10.3 Å². The van der Waals surface area contributed by atoms with E-state index in [1.165, 1.54) is 19.1 Å². The normalized spacial score (nSPS) is 13.0. The summed E-state index contributed by atoms with van der Waals surface area (Å²) >= 11 is 0. The molecule has 0 aliphatic rings. The number of benzene rings is 2. The molecule has 0 saturated heterocycles. The zero-order chi connectivity index (χ0) is 20.3. The van der Waals surface area contributed by atoms with Crippen LogP contribution < -0.4 is 5.32 Å². The number of para-hydroxylation sites is 1. The maximum atomic E-state index is 13.0. The molecule has 1 heterocycles. The molecule has 0 radical (unpaired) electrons. The molecule has 0 aliphatic carbocycles. The average Bonchev–Trinajstić information content (AvgIpc) is 2.67. The highest BCUT2D eigenvalue weighted by Crippen LogP contribution is 2.20. The van der Waals surface area contributed by atoms with Gasteiger partial charge >= 0.3 is 5.97 Å². The van der Waals surface area contributed by atoms with Gasteiger partial charge in [-0.25, -0.2) is 9.18 Å². The molecular weight excluding hydrogens is 359 g/mol. The number of hydrogen-bond donors (Lipinski definition) is 1. The van der Waals surface area contributed by atoms with Crippen molar-refractivity contribution in [3.05, 3.63) is 77.2 Å². The van der Waals surface area contributed by atoms with Crippen molar-refractivity contribution < 1.29 is 18.7 Å². The average molecular weight is 380 g/mol. The standard InChI is InChI=1S/C22H21FN2O3/c1-13-12-19(18-6-4-5-7-20(18)24-13)22(27)28-15(3)21(26)25-14(2)16-8-10-17(23)11-9-16/h4-12,14-15H,1-3H3,(H,25,26)/t14-,15-/m1/s1. The van der Waals surface area contributed by atoms with E-state index >= 15 is 0 Å². The van der Waals surface area contributed by atoms with E-state index in [-0.39, 0.29) is 11.9 Å². The van der Waals surface area contributed by atoms with Crippen LogP contribution >= 0.6 is 0 Å². The van der Waals surface area contributed by atoms with Crippen LogP contribution in [-0.2, 0) is 9.53 Å². The number of carbonyl (C=O) groups excluding carboxylic acids is 2. The van der Waals surface area contributed by atoms with Gasteiger partial charge in [0.15, 0.2) is 6.10 Å². The lowest BCUT2D eigenvalue weighted by molar-refractivity contribution is -0.129. The van der Waals surface area contributed by atoms with Crippen LogP contribution in [-0.4, -0.2) is 23.0 Å². The Labute approximate surface area is 162 Å². The molecule has 1 N–H and O–H groups in total. The SMILES string of the molecule is Cc1cc(C(=O)O[C@H](C)C(=O)N[C@H](C)c2ccc(F)cc2)c2ccccc2n1. The molecule has 0 saturated carbocycles. The minimum Gasteiger partial charge on any atom is -0.449 e. The molecule has 2 aromatic carbocycles. The Hall–Kier alpha value is -3.28. The Kier molecular flexibility index (Phi) is 5.68. The fourth-order valence-electron chi connectivity index (χ4n) is 2.92. The van der Waals surface area contributed by atoms with E-state index in [0.29, 0.717) is 22.2 Å². The Morgan fingerprint density at radius 1 is 1.07 bits per heavy atom. The van der Waals surface area contributed by atoms with Crippen LogP contribution in [0.15, 0.2) is 54.6 Å². The summed E-state index contributed by atoms with van der Waals surface area (Å²) in [5, 5.41) is 3.44. The lowest BCUT2D eigenvalue weighted by Gasteiger charge is -2.18. The summed E-state index contributed by atoms with van der Waals surface area (Å²) in [6, 6.07) is 14.4. The van der Waals surface area contributed by atoms with Crippen LogP contribution in [0, 0.1) is 12.7 Å². The number of nitrogens with zero attached hydrogens (tertiary/aromatic N) is 1. The lowest BCUT2D eigenvalue weighted by atomic mass is 10.1. The quantitative estimate of drug-likeness (QED) is 0.677. The summed E-state index contributed by atoms with van der Waals surface area (Å²) in [5.41, 5.74) is 2.50. The van der Waals surface area contributed by atoms with E-state index in [4.69, 9.17) is 4.74 Å². The summed E-state index contributed by atoms with van der Waals surface area (Å²) in [7, 11) is 0. The lowest BCUT2D eigenvalue weighted by Crippen LogP contribution is -2.37. The monoisotopic (exact) mass is 380 g/mol. The van der Waals surface area contributed by atoms with E-state index in [1.54, 1.807) is 38.1 Å². The third-order valence-electron chi connectivity index (χ3n) is 4.45. The van der Waals surface area contributed by atoms with Gasteiger partial charge < -0.3 is 10.1 Å². The maximum absolute atomic E-state index is 13.0. The first-order valence-electron chi connectivity index (χ1n) is 8.98. The Morgan fingerprint density at radius 2 is 1.75 bits per heavy atom. The Bertz CT molecular complexity index is 1020. The number of fused-ring (bicyclic) bond motifs is 1. The summed E-state index contributed by atoms with van der Waals surface area (Å²) in [6.45, 7) is 5.09. The van der Waals surface area contributed by atoms with Crippen molar-refractivity contribution in [2.75, 3.05) is 0 Å². The minimum atomic E-state index is -0.984. The van der Waals surface area contributed by atoms with Crippen molar-refractivity contribution in [3.63, 3.8) is 0 Å². The van der Waals surface area contributed by atoms with Crippen molar-refractivity contribution >= 4 is 22.8 Å². The number of halogens is 1. The largest absolute Gasteiger partial charge is 0.449 e. The van der Waals surface area contributed by atoms with Crippen LogP contribution in [0.2, 0.25) is 0 Å². The fraction of sp³-hybridized carbons (Fsp3) is 0.227. The van der Waals surface area contributed by atoms with Crippen molar-refractivity contribution in [1.29, 1.82) is 0 Å². The van der Waals surface area contributed by atoms with E-state index in [2.05, 4.69) is 10.3 Å². The molecule has 0 spiro atoms. The topological polar surface area (TPSA) is 68.3 Å². The highest BCUT2D eigenvalue weighted by atomic mass is 19.1. The second-order valence-corrected chi connectivity index (χ2v) is 6.66. The number of carbonyl (C=O) groups is 2. The second kappa shape index (κ2) is 8.17. The van der Waals surface area contributed by atoms with Gasteiger partial charge in [0, 0.05) is 11.1 Å². The van der Waals surface area contributed by atoms with Gasteiger partial charge in [-0.3, -0.25) is 9.78 Å². The number of esters is 1. The van der Waals surface area contributed by atoms with Gasteiger partial charge in [-0.1, -0.05) is 30.3 Å². The third kappa shape index (κ3) is 4.34. The van der Waals surface area contributed by atoms with Gasteiger partial charge in [-0.15, -0.1) is 0 Å². The first kappa shape index (κ1) is 19.5. The van der Waals surface area contributed by atoms with Gasteiger partial charge in [0.1, 0.15) is 5.82 Å². The summed E-state index contributed by atoms with van der Waals surface area (Å²) in [5.74, 6) is -1.36. The van der Waals surface area contributed by atoms with Gasteiger partial charge in [-0.05, 0) is 50.6 Å². The highest BCUT2D eigenvalue weighted by molar-refractivity contribution is 6.04. The minimum absolute atomic E-state index is 0.343. The van der Waals surface area contributed by atoms with Crippen LogP contribution in [0.1, 0.15) is 41.5 Å². The summed E-state index contributed by atoms with van der Waals surface area (Å²) in [6.07, 6.45) is -0.984. The predicted octanol–water partition coefficient (Wildman–Crippen LogP) is 4.11. The zero-order valence-electron chi connectivity index (χ0n) is 15.9. The summed E-state index contributed by atoms with van der Waals surface area (Å²) in [4.78, 5) is 29.5. The molecular formula is C22H21FN2O3. The van der Waals surface area contributed by atoms with Gasteiger partial charge in [0.05, 0.1) is 17.1 Å². The highest BCUT2D eigenvalue weighted by Gasteiger charge is 2.22. The number of aryl methyl sites for hydroxylation is 1. The van der Waals surface area contributed by atoms with Crippen LogP contribution in [0.3, 0.4) is 0 Å². The van der Waals surface area contributed by atoms with E-state index in [1.807, 2.05) is 18.2 Å². The molecule has 0 aliphatic heterocycles. The van der Waals surface area contributed by atoms with Crippen LogP contribution in [0.5, 0.6) is 0 Å². The molecule has 28 heavy (non-hydrogen) atoms. The molecule has 5 nitrogen and oxygen atoms in total. The van der Waals surface area contributed by atoms with Gasteiger partial charge in [-0.2, -0.15) is 0 Å². The van der Waals surface area contributed by atoms with Crippen LogP contribution in [0.25, 0.3) is 10.9 Å². The molecule has 0 bridgehead atoms. The molecule has 2 atom stereocenters. The van der Waals surface area contributed by atoms with Crippen molar-refractivity contribution in [2.45, 2.75) is 32.9 Å². The fourth-order valence-corrected chi connectivity index (χ4v) is 2.92. The molecule has 144 valence electrons. The molecule has 3 rings (SSSR count). The molecule has 6 heteroatoms. The molecule has 1 aromatic heterocycles. The number of amides is 1. The van der Waals surface area contributed by atoms with Crippen molar-refractivity contribution in [3.8, 4) is 0 Å². The first-order valence-corrected chi connectivity index (χ1v) is 8.98. The predicted molar refractivity (Wildman–Crippen MR) is 104 cm³/mol. The molecule has 3 aromatic rings. The Balaban J connectivity index is 1.70. The number of pyridine rings is 1. The molecule has 0 fully saturated rings.